The normalized spacial score (nSPS) is 14.0. The van der Waals surface area contributed by atoms with E-state index in [0.717, 1.165) is 0 Å². The molecule has 0 aliphatic heterocycles. The number of nitrogens with two attached hydrogens (primary N) is 2. The number of carboxylic acids is 2. The third-order valence-corrected chi connectivity index (χ3v) is 9.84. The number of primary amides is 1. The Hall–Kier alpha value is -7.48. The van der Waals surface area contributed by atoms with Gasteiger partial charge in [0.25, 0.3) is 0 Å². The lowest BCUT2D eigenvalue weighted by molar-refractivity contribution is -0.142. The van der Waals surface area contributed by atoms with E-state index in [1.165, 1.54) is 48.5 Å². The Labute approximate surface area is 361 Å². The minimum Gasteiger partial charge on any atom is -0.508 e. The third kappa shape index (κ3) is 14.9. The lowest BCUT2D eigenvalue weighted by atomic mass is 10.00. The van der Waals surface area contributed by atoms with E-state index in [-0.39, 0.29) is 43.1 Å². The number of benzene rings is 3. The average Bonchev–Trinajstić information content (AvgIpc) is 3.62. The summed E-state index contributed by atoms with van der Waals surface area (Å²) < 4.78 is 0. The highest BCUT2D eigenvalue weighted by atomic mass is 16.4. The molecular weight excluding hydrogens is 821 g/mol. The molecule has 0 aliphatic carbocycles. The predicted octanol–water partition coefficient (Wildman–Crippen LogP) is -0.161. The summed E-state index contributed by atoms with van der Waals surface area (Å²) in [6.07, 6.45) is -0.597. The molecule has 0 unspecified atom stereocenters. The first-order valence-electron chi connectivity index (χ1n) is 19.9. The van der Waals surface area contributed by atoms with Crippen LogP contribution in [0.15, 0.2) is 79.0 Å². The molecule has 14 N–H and O–H groups in total. The fraction of sp³-hybridized carbons (Fsp3) is 0.349. The third-order valence-electron chi connectivity index (χ3n) is 9.84. The standard InChI is InChI=1S/C43H52N8O12/c1-22(2)15-31(39(58)51-35(43(62)63)17-24-9-13-27(53)14-10-24)48-41(60)33(19-36(45)54)50-40(59)32(18-25-21-46-30-6-4-3-5-28(25)30)49-42(61)34(20-37(55)56)47-38(57)29(44)16-23-7-11-26(52)12-8-23/h3-14,21-22,29,31-35,46,52-53H,15-20,44H2,1-2H3,(H2,45,54)(H,47,57)(H,48,60)(H,49,61)(H,50,59)(H,51,58)(H,55,56)(H,62,63)/t29-,31-,32-,33-,34-,35-/m0/s1. The molecule has 0 spiro atoms. The smallest absolute Gasteiger partial charge is 0.326 e. The van der Waals surface area contributed by atoms with Crippen LogP contribution in [0.3, 0.4) is 0 Å². The Morgan fingerprint density at radius 3 is 1.62 bits per heavy atom. The number of aliphatic carboxylic acids is 2. The molecule has 0 aliphatic rings. The number of para-hydroxylation sites is 1. The first kappa shape index (κ1) is 48.2. The van der Waals surface area contributed by atoms with Crippen molar-refractivity contribution in [2.45, 2.75) is 88.6 Å². The number of carbonyl (C=O) groups is 8. The maximum absolute atomic E-state index is 14.2. The van der Waals surface area contributed by atoms with Crippen molar-refractivity contribution >= 4 is 58.3 Å². The maximum atomic E-state index is 14.2. The van der Waals surface area contributed by atoms with Crippen LogP contribution in [0.5, 0.6) is 11.5 Å². The van der Waals surface area contributed by atoms with Crippen molar-refractivity contribution in [3.63, 3.8) is 0 Å². The average molecular weight is 873 g/mol. The Kier molecular flexibility index (Phi) is 17.1. The number of nitrogens with one attached hydrogen (secondary N) is 6. The Bertz CT molecular complexity index is 2280. The Balaban J connectivity index is 1.57. The second-order valence-corrected chi connectivity index (χ2v) is 15.5. The quantitative estimate of drug-likeness (QED) is 0.0462. The van der Waals surface area contributed by atoms with Gasteiger partial charge in [0.15, 0.2) is 0 Å². The van der Waals surface area contributed by atoms with Crippen LogP contribution < -0.4 is 38.1 Å². The first-order valence-corrected chi connectivity index (χ1v) is 19.9. The summed E-state index contributed by atoms with van der Waals surface area (Å²) in [6.45, 7) is 3.48. The summed E-state index contributed by atoms with van der Waals surface area (Å²) >= 11 is 0. The van der Waals surface area contributed by atoms with E-state index in [0.29, 0.717) is 27.6 Å². The maximum Gasteiger partial charge on any atom is 0.326 e. The zero-order valence-electron chi connectivity index (χ0n) is 34.5. The van der Waals surface area contributed by atoms with Gasteiger partial charge < -0.3 is 63.5 Å². The number of aromatic amines is 1. The van der Waals surface area contributed by atoms with Crippen molar-refractivity contribution in [2.24, 2.45) is 17.4 Å². The van der Waals surface area contributed by atoms with Gasteiger partial charge in [-0.3, -0.25) is 33.6 Å². The topological polar surface area (TPSA) is 345 Å². The summed E-state index contributed by atoms with van der Waals surface area (Å²) in [5, 5.41) is 51.5. The number of carboxylic acid groups (broad SMARTS) is 2. The SMILES string of the molecule is CC(C)C[C@H](NC(=O)[C@H](CC(N)=O)NC(=O)[C@H](Cc1c[nH]c2ccccc12)NC(=O)[C@H](CC(=O)O)NC(=O)[C@@H](N)Cc1ccc(O)cc1)C(=O)N[C@@H](Cc1ccc(O)cc1)C(=O)O. The number of hydrogen-bond donors (Lipinski definition) is 12. The predicted molar refractivity (Wildman–Crippen MR) is 226 cm³/mol. The van der Waals surface area contributed by atoms with Crippen molar-refractivity contribution in [1.82, 2.24) is 31.6 Å². The van der Waals surface area contributed by atoms with Crippen LogP contribution in [0.25, 0.3) is 10.9 Å². The first-order chi connectivity index (χ1) is 29.8. The van der Waals surface area contributed by atoms with E-state index >= 15 is 0 Å². The van der Waals surface area contributed by atoms with Crippen LogP contribution in [0.1, 0.15) is 49.8 Å². The van der Waals surface area contributed by atoms with E-state index in [1.807, 2.05) is 0 Å². The summed E-state index contributed by atoms with van der Waals surface area (Å²) in [5.74, 6) is -9.16. The lowest BCUT2D eigenvalue weighted by Crippen LogP contribution is -2.60. The number of fused-ring (bicyclic) bond motifs is 1. The molecule has 1 heterocycles. The molecular formula is C43H52N8O12. The number of aromatic nitrogens is 1. The Morgan fingerprint density at radius 2 is 1.06 bits per heavy atom. The van der Waals surface area contributed by atoms with Gasteiger partial charge in [0.1, 0.15) is 41.7 Å². The van der Waals surface area contributed by atoms with E-state index in [1.54, 1.807) is 44.3 Å². The minimum atomic E-state index is -1.75. The molecule has 20 heteroatoms. The van der Waals surface area contributed by atoms with Crippen molar-refractivity contribution in [2.75, 3.05) is 0 Å². The number of hydrogen-bond acceptors (Lipinski definition) is 11. The number of carbonyl (C=O) groups excluding carboxylic acids is 6. The zero-order valence-corrected chi connectivity index (χ0v) is 34.5. The highest BCUT2D eigenvalue weighted by molar-refractivity contribution is 5.99. The molecule has 6 atom stereocenters. The van der Waals surface area contributed by atoms with Crippen molar-refractivity contribution in [1.29, 1.82) is 0 Å². The number of H-pyrrole nitrogens is 1. The van der Waals surface area contributed by atoms with Crippen molar-refractivity contribution in [3.05, 3.63) is 95.7 Å². The van der Waals surface area contributed by atoms with Gasteiger partial charge in [0, 0.05) is 29.9 Å². The van der Waals surface area contributed by atoms with Crippen LogP contribution in [-0.4, -0.2) is 109 Å². The summed E-state index contributed by atoms with van der Waals surface area (Å²) in [7, 11) is 0. The molecule has 6 amide bonds. The molecule has 0 bridgehead atoms. The molecule has 336 valence electrons. The lowest BCUT2D eigenvalue weighted by Gasteiger charge is -2.27. The highest BCUT2D eigenvalue weighted by Gasteiger charge is 2.35. The van der Waals surface area contributed by atoms with Crippen molar-refractivity contribution in [3.8, 4) is 11.5 Å². The van der Waals surface area contributed by atoms with E-state index in [4.69, 9.17) is 11.5 Å². The number of phenols is 2. The highest BCUT2D eigenvalue weighted by Crippen LogP contribution is 2.20. The molecule has 20 nitrogen and oxygen atoms in total. The number of amides is 6. The summed E-state index contributed by atoms with van der Waals surface area (Å²) in [5.41, 5.74) is 13.8. The van der Waals surface area contributed by atoms with E-state index < -0.39 is 96.5 Å². The van der Waals surface area contributed by atoms with Gasteiger partial charge >= 0.3 is 11.9 Å². The van der Waals surface area contributed by atoms with E-state index in [2.05, 4.69) is 31.6 Å². The van der Waals surface area contributed by atoms with Gasteiger partial charge in [-0.25, -0.2) is 4.79 Å². The molecule has 4 rings (SSSR count). The van der Waals surface area contributed by atoms with Crippen LogP contribution >= 0.6 is 0 Å². The van der Waals surface area contributed by atoms with Crippen LogP contribution in [0, 0.1) is 5.92 Å². The number of aromatic hydroxyl groups is 2. The molecule has 0 saturated heterocycles. The molecule has 63 heavy (non-hydrogen) atoms. The van der Waals surface area contributed by atoms with Crippen molar-refractivity contribution < 1.29 is 58.8 Å². The molecule has 3 aromatic carbocycles. The van der Waals surface area contributed by atoms with Crippen LogP contribution in [-0.2, 0) is 57.6 Å². The van der Waals surface area contributed by atoms with Gasteiger partial charge in [-0.2, -0.15) is 0 Å². The van der Waals surface area contributed by atoms with Gasteiger partial charge in [-0.15, -0.1) is 0 Å². The fourth-order valence-corrected chi connectivity index (χ4v) is 6.64. The van der Waals surface area contributed by atoms with Gasteiger partial charge in [0.2, 0.25) is 35.4 Å². The Morgan fingerprint density at radius 1 is 0.587 bits per heavy atom. The van der Waals surface area contributed by atoms with Crippen LogP contribution in [0.2, 0.25) is 0 Å². The van der Waals surface area contributed by atoms with E-state index in [9.17, 15) is 58.8 Å². The van der Waals surface area contributed by atoms with Gasteiger partial charge in [0.05, 0.1) is 18.9 Å². The zero-order chi connectivity index (χ0) is 46.4. The number of rotatable bonds is 23. The molecule has 1 aromatic heterocycles. The summed E-state index contributed by atoms with van der Waals surface area (Å²) in [4.78, 5) is 108. The molecule has 0 saturated carbocycles. The monoisotopic (exact) mass is 872 g/mol. The summed E-state index contributed by atoms with van der Waals surface area (Å²) in [6, 6.07) is 9.35. The van der Waals surface area contributed by atoms with Crippen LogP contribution in [0.4, 0.5) is 0 Å². The molecule has 4 aromatic rings. The molecule has 0 radical (unpaired) electrons. The number of phenolic OH excluding ortho intramolecular Hbond substituents is 2. The second kappa shape index (κ2) is 22.4. The largest absolute Gasteiger partial charge is 0.508 e. The fourth-order valence-electron chi connectivity index (χ4n) is 6.64. The van der Waals surface area contributed by atoms with Gasteiger partial charge in [-0.05, 0) is 65.8 Å². The second-order valence-electron chi connectivity index (χ2n) is 15.5. The minimum absolute atomic E-state index is 0.00507. The molecule has 0 fully saturated rings. The van der Waals surface area contributed by atoms with Gasteiger partial charge in [-0.1, -0.05) is 56.3 Å².